The molecule has 0 aliphatic carbocycles. The summed E-state index contributed by atoms with van der Waals surface area (Å²) in [5.41, 5.74) is 3.61. The van der Waals surface area contributed by atoms with Crippen molar-refractivity contribution in [3.05, 3.63) is 62.5 Å². The fraction of sp³-hybridized carbons (Fsp3) is 0.222. The Morgan fingerprint density at radius 3 is 2.96 bits per heavy atom. The zero-order valence-corrected chi connectivity index (χ0v) is 15.1. The Kier molecular flexibility index (Phi) is 3.93. The SMILES string of the molecule is CC(C)c1c(-c2cnn(Cc3ccsc3)c2)nc2c(C#N)c[nH]n2c1=O. The van der Waals surface area contributed by atoms with E-state index < -0.39 is 0 Å². The fourth-order valence-electron chi connectivity index (χ4n) is 2.99. The molecule has 0 unspecified atom stereocenters. The van der Waals surface area contributed by atoms with Gasteiger partial charge in [0.1, 0.15) is 11.6 Å². The number of hydrogen-bond donors (Lipinski definition) is 1. The Bertz CT molecular complexity index is 1170. The van der Waals surface area contributed by atoms with Gasteiger partial charge in [-0.1, -0.05) is 13.8 Å². The number of aromatic nitrogens is 5. The molecule has 0 saturated heterocycles. The van der Waals surface area contributed by atoms with E-state index in [1.54, 1.807) is 17.5 Å². The van der Waals surface area contributed by atoms with Gasteiger partial charge in [-0.2, -0.15) is 21.7 Å². The standard InChI is InChI=1S/C18H16N6OS/c1-11(2)15-16(22-17-13(5-19)6-21-24(17)18(15)25)14-7-20-23(9-14)8-12-3-4-26-10-12/h3-4,6-7,9-11,21H,8H2,1-2H3. The van der Waals surface area contributed by atoms with E-state index in [1.165, 1.54) is 16.3 Å². The summed E-state index contributed by atoms with van der Waals surface area (Å²) in [6.07, 6.45) is 5.10. The van der Waals surface area contributed by atoms with Crippen molar-refractivity contribution < 1.29 is 0 Å². The van der Waals surface area contributed by atoms with Gasteiger partial charge in [0.05, 0.1) is 18.4 Å². The summed E-state index contributed by atoms with van der Waals surface area (Å²) in [5.74, 6) is -0.0176. The lowest BCUT2D eigenvalue weighted by atomic mass is 10.00. The second kappa shape index (κ2) is 6.28. The van der Waals surface area contributed by atoms with Gasteiger partial charge in [-0.3, -0.25) is 14.6 Å². The van der Waals surface area contributed by atoms with Gasteiger partial charge in [0.15, 0.2) is 5.65 Å². The molecule has 0 aliphatic rings. The molecule has 0 amide bonds. The molecule has 7 nitrogen and oxygen atoms in total. The lowest BCUT2D eigenvalue weighted by Gasteiger charge is -2.10. The average Bonchev–Trinajstić information content (AvgIpc) is 3.34. The Morgan fingerprint density at radius 2 is 2.27 bits per heavy atom. The van der Waals surface area contributed by atoms with Crippen LogP contribution in [0.15, 0.2) is 40.2 Å². The molecule has 4 aromatic heterocycles. The monoisotopic (exact) mass is 364 g/mol. The Morgan fingerprint density at radius 1 is 1.42 bits per heavy atom. The third kappa shape index (κ3) is 2.62. The summed E-state index contributed by atoms with van der Waals surface area (Å²) in [7, 11) is 0. The van der Waals surface area contributed by atoms with E-state index in [-0.39, 0.29) is 11.5 Å². The van der Waals surface area contributed by atoms with Crippen molar-refractivity contribution in [3.63, 3.8) is 0 Å². The van der Waals surface area contributed by atoms with Gasteiger partial charge < -0.3 is 0 Å². The third-order valence-electron chi connectivity index (χ3n) is 4.23. The van der Waals surface area contributed by atoms with Crippen LogP contribution in [-0.4, -0.2) is 24.4 Å². The second-order valence-corrected chi connectivity index (χ2v) is 7.13. The minimum Gasteiger partial charge on any atom is -0.295 e. The molecule has 0 saturated carbocycles. The third-order valence-corrected chi connectivity index (χ3v) is 4.96. The topological polar surface area (TPSA) is 91.8 Å². The van der Waals surface area contributed by atoms with Crippen LogP contribution in [0.3, 0.4) is 0 Å². The van der Waals surface area contributed by atoms with Crippen molar-refractivity contribution in [1.82, 2.24) is 24.4 Å². The van der Waals surface area contributed by atoms with Crippen LogP contribution in [0.4, 0.5) is 0 Å². The summed E-state index contributed by atoms with van der Waals surface area (Å²) in [4.78, 5) is 17.5. The van der Waals surface area contributed by atoms with Crippen LogP contribution >= 0.6 is 11.3 Å². The van der Waals surface area contributed by atoms with Crippen LogP contribution in [0.5, 0.6) is 0 Å². The molecule has 0 atom stereocenters. The van der Waals surface area contributed by atoms with E-state index in [4.69, 9.17) is 0 Å². The van der Waals surface area contributed by atoms with Crippen LogP contribution < -0.4 is 5.56 Å². The first-order valence-corrected chi connectivity index (χ1v) is 9.10. The zero-order valence-electron chi connectivity index (χ0n) is 14.3. The first kappa shape index (κ1) is 16.3. The molecule has 4 aromatic rings. The maximum Gasteiger partial charge on any atom is 0.276 e. The summed E-state index contributed by atoms with van der Waals surface area (Å²) >= 11 is 1.65. The zero-order chi connectivity index (χ0) is 18.3. The van der Waals surface area contributed by atoms with Crippen LogP contribution in [-0.2, 0) is 6.54 Å². The number of aromatic amines is 1. The molecule has 0 aliphatic heterocycles. The smallest absolute Gasteiger partial charge is 0.276 e. The quantitative estimate of drug-likeness (QED) is 0.602. The van der Waals surface area contributed by atoms with E-state index in [9.17, 15) is 10.1 Å². The molecule has 0 fully saturated rings. The Labute approximate surface area is 153 Å². The number of nitrogens with one attached hydrogen (secondary N) is 1. The predicted molar refractivity (Wildman–Crippen MR) is 99.3 cm³/mol. The normalized spacial score (nSPS) is 11.3. The lowest BCUT2D eigenvalue weighted by molar-refractivity contribution is 0.688. The largest absolute Gasteiger partial charge is 0.295 e. The number of nitriles is 1. The summed E-state index contributed by atoms with van der Waals surface area (Å²) in [6, 6.07) is 4.12. The molecule has 8 heteroatoms. The average molecular weight is 364 g/mol. The van der Waals surface area contributed by atoms with Crippen molar-refractivity contribution in [3.8, 4) is 17.3 Å². The van der Waals surface area contributed by atoms with Crippen molar-refractivity contribution in [2.24, 2.45) is 0 Å². The molecular formula is C18H16N6OS. The number of rotatable bonds is 4. The molecule has 4 heterocycles. The van der Waals surface area contributed by atoms with Crippen LogP contribution in [0.25, 0.3) is 16.9 Å². The van der Waals surface area contributed by atoms with E-state index in [0.29, 0.717) is 29.0 Å². The predicted octanol–water partition coefficient (Wildman–Crippen LogP) is 2.99. The van der Waals surface area contributed by atoms with E-state index >= 15 is 0 Å². The summed E-state index contributed by atoms with van der Waals surface area (Å²) in [5, 5.41) is 20.6. The van der Waals surface area contributed by atoms with E-state index in [0.717, 1.165) is 5.56 Å². The van der Waals surface area contributed by atoms with Gasteiger partial charge in [-0.15, -0.1) is 0 Å². The van der Waals surface area contributed by atoms with Crippen molar-refractivity contribution >= 4 is 17.0 Å². The number of H-pyrrole nitrogens is 1. The summed E-state index contributed by atoms with van der Waals surface area (Å²) < 4.78 is 3.15. The molecule has 4 rings (SSSR count). The van der Waals surface area contributed by atoms with Crippen molar-refractivity contribution in [1.29, 1.82) is 5.26 Å². The van der Waals surface area contributed by atoms with Crippen LogP contribution in [0, 0.1) is 11.3 Å². The fourth-order valence-corrected chi connectivity index (χ4v) is 3.65. The van der Waals surface area contributed by atoms with E-state index in [1.807, 2.05) is 30.1 Å². The van der Waals surface area contributed by atoms with Gasteiger partial charge in [0.2, 0.25) is 0 Å². The minimum absolute atomic E-state index is 0.0176. The van der Waals surface area contributed by atoms with Crippen LogP contribution in [0.1, 0.15) is 36.5 Å². The van der Waals surface area contributed by atoms with Gasteiger partial charge >= 0.3 is 0 Å². The number of fused-ring (bicyclic) bond motifs is 1. The highest BCUT2D eigenvalue weighted by atomic mass is 32.1. The molecule has 0 spiro atoms. The molecule has 0 bridgehead atoms. The van der Waals surface area contributed by atoms with Crippen molar-refractivity contribution in [2.45, 2.75) is 26.3 Å². The molecule has 0 aromatic carbocycles. The Hall–Kier alpha value is -3.18. The molecule has 130 valence electrons. The lowest BCUT2D eigenvalue weighted by Crippen LogP contribution is -2.22. The number of nitrogens with zero attached hydrogens (tertiary/aromatic N) is 5. The van der Waals surface area contributed by atoms with Gasteiger partial charge in [0, 0.05) is 23.5 Å². The summed E-state index contributed by atoms with van der Waals surface area (Å²) in [6.45, 7) is 4.58. The first-order chi connectivity index (χ1) is 12.6. The van der Waals surface area contributed by atoms with Crippen molar-refractivity contribution in [2.75, 3.05) is 0 Å². The minimum atomic E-state index is -0.188. The number of thiophene rings is 1. The van der Waals surface area contributed by atoms with Gasteiger partial charge in [-0.05, 0) is 28.3 Å². The maximum absolute atomic E-state index is 12.9. The highest BCUT2D eigenvalue weighted by Crippen LogP contribution is 2.26. The molecule has 1 N–H and O–H groups in total. The maximum atomic E-state index is 12.9. The van der Waals surface area contributed by atoms with Gasteiger partial charge in [-0.25, -0.2) is 9.50 Å². The Balaban J connectivity index is 1.87. The first-order valence-electron chi connectivity index (χ1n) is 8.16. The highest BCUT2D eigenvalue weighted by Gasteiger charge is 2.20. The number of hydrogen-bond acceptors (Lipinski definition) is 5. The van der Waals surface area contributed by atoms with Gasteiger partial charge in [0.25, 0.3) is 5.56 Å². The molecular weight excluding hydrogens is 348 g/mol. The molecule has 0 radical (unpaired) electrons. The van der Waals surface area contributed by atoms with E-state index in [2.05, 4.69) is 32.7 Å². The van der Waals surface area contributed by atoms with Crippen LogP contribution in [0.2, 0.25) is 0 Å². The second-order valence-electron chi connectivity index (χ2n) is 6.35. The highest BCUT2D eigenvalue weighted by molar-refractivity contribution is 7.07. The molecule has 26 heavy (non-hydrogen) atoms.